The molecule has 0 amide bonds. The highest BCUT2D eigenvalue weighted by Gasteiger charge is 2.48. The van der Waals surface area contributed by atoms with E-state index in [-0.39, 0.29) is 5.41 Å². The van der Waals surface area contributed by atoms with Crippen LogP contribution in [0, 0.1) is 5.41 Å². The molecule has 1 aliphatic heterocycles. The summed E-state index contributed by atoms with van der Waals surface area (Å²) < 4.78 is 0. The normalized spacial score (nSPS) is 30.3. The van der Waals surface area contributed by atoms with Gasteiger partial charge >= 0.3 is 0 Å². The van der Waals surface area contributed by atoms with Gasteiger partial charge in [0.15, 0.2) is 5.13 Å². The standard InChI is InChI=1S/C10H16N2OS2/c1-9(2)3-4-14-6-10(9,13)7-5-12-8(11)15-7/h5,13H,3-4,6H2,1-2H3,(H2,11,12). The van der Waals surface area contributed by atoms with Crippen LogP contribution in [-0.4, -0.2) is 21.6 Å². The van der Waals surface area contributed by atoms with Crippen molar-refractivity contribution >= 4 is 28.2 Å². The van der Waals surface area contributed by atoms with E-state index in [1.807, 2.05) is 0 Å². The lowest BCUT2D eigenvalue weighted by molar-refractivity contribution is -0.0549. The van der Waals surface area contributed by atoms with Crippen LogP contribution in [0.4, 0.5) is 5.13 Å². The summed E-state index contributed by atoms with van der Waals surface area (Å²) in [6.07, 6.45) is 2.74. The van der Waals surface area contributed by atoms with Crippen LogP contribution in [0.25, 0.3) is 0 Å². The smallest absolute Gasteiger partial charge is 0.180 e. The van der Waals surface area contributed by atoms with Gasteiger partial charge in [-0.05, 0) is 12.2 Å². The Labute approximate surface area is 98.1 Å². The Morgan fingerprint density at radius 1 is 1.53 bits per heavy atom. The molecular formula is C10H16N2OS2. The first-order chi connectivity index (χ1) is 6.96. The fourth-order valence-corrected chi connectivity index (χ4v) is 4.52. The zero-order valence-corrected chi connectivity index (χ0v) is 10.6. The topological polar surface area (TPSA) is 59.1 Å². The van der Waals surface area contributed by atoms with Gasteiger partial charge in [0.1, 0.15) is 5.60 Å². The van der Waals surface area contributed by atoms with Crippen LogP contribution in [-0.2, 0) is 5.60 Å². The molecule has 0 saturated carbocycles. The van der Waals surface area contributed by atoms with Crippen LogP contribution in [0.15, 0.2) is 6.20 Å². The van der Waals surface area contributed by atoms with E-state index in [2.05, 4.69) is 18.8 Å². The minimum absolute atomic E-state index is 0.1000. The quantitative estimate of drug-likeness (QED) is 0.794. The van der Waals surface area contributed by atoms with Gasteiger partial charge in [-0.1, -0.05) is 25.2 Å². The summed E-state index contributed by atoms with van der Waals surface area (Å²) in [5, 5.41) is 11.3. The molecule has 15 heavy (non-hydrogen) atoms. The van der Waals surface area contributed by atoms with Gasteiger partial charge in [0, 0.05) is 17.4 Å². The molecule has 0 aliphatic carbocycles. The van der Waals surface area contributed by atoms with E-state index < -0.39 is 5.60 Å². The largest absolute Gasteiger partial charge is 0.383 e. The van der Waals surface area contributed by atoms with Gasteiger partial charge in [0.05, 0.1) is 4.88 Å². The summed E-state index contributed by atoms with van der Waals surface area (Å²) >= 11 is 3.20. The van der Waals surface area contributed by atoms with E-state index in [0.717, 1.165) is 22.8 Å². The van der Waals surface area contributed by atoms with Gasteiger partial charge in [-0.25, -0.2) is 4.98 Å². The molecule has 1 unspecified atom stereocenters. The molecule has 1 aromatic rings. The molecule has 1 fully saturated rings. The molecule has 0 aromatic carbocycles. The summed E-state index contributed by atoms with van der Waals surface area (Å²) in [6.45, 7) is 4.23. The molecule has 84 valence electrons. The number of thiazole rings is 1. The molecule has 1 aromatic heterocycles. The number of rotatable bonds is 1. The third-order valence-electron chi connectivity index (χ3n) is 3.23. The lowest BCUT2D eigenvalue weighted by Gasteiger charge is -2.45. The number of hydrogen-bond acceptors (Lipinski definition) is 5. The highest BCUT2D eigenvalue weighted by atomic mass is 32.2. The molecule has 2 rings (SSSR count). The number of nitrogens with zero attached hydrogens (tertiary/aromatic N) is 1. The van der Waals surface area contributed by atoms with Crippen LogP contribution in [0.5, 0.6) is 0 Å². The first-order valence-electron chi connectivity index (χ1n) is 4.98. The molecule has 0 bridgehead atoms. The molecule has 5 heteroatoms. The van der Waals surface area contributed by atoms with Crippen molar-refractivity contribution in [2.75, 3.05) is 17.2 Å². The molecule has 1 saturated heterocycles. The van der Waals surface area contributed by atoms with Crippen LogP contribution < -0.4 is 5.73 Å². The van der Waals surface area contributed by atoms with Crippen molar-refractivity contribution in [1.82, 2.24) is 4.98 Å². The van der Waals surface area contributed by atoms with E-state index in [9.17, 15) is 5.11 Å². The minimum Gasteiger partial charge on any atom is -0.383 e. The second-order valence-corrected chi connectivity index (χ2v) is 6.78. The van der Waals surface area contributed by atoms with E-state index in [4.69, 9.17) is 5.73 Å². The first-order valence-corrected chi connectivity index (χ1v) is 6.95. The van der Waals surface area contributed by atoms with Crippen molar-refractivity contribution in [2.24, 2.45) is 5.41 Å². The van der Waals surface area contributed by atoms with E-state index in [1.165, 1.54) is 11.3 Å². The Morgan fingerprint density at radius 2 is 2.27 bits per heavy atom. The molecule has 2 heterocycles. The number of aromatic nitrogens is 1. The van der Waals surface area contributed by atoms with Gasteiger partial charge < -0.3 is 10.8 Å². The summed E-state index contributed by atoms with van der Waals surface area (Å²) in [7, 11) is 0. The predicted octanol–water partition coefficient (Wildman–Crippen LogP) is 2.08. The number of hydrogen-bond donors (Lipinski definition) is 2. The van der Waals surface area contributed by atoms with Gasteiger partial charge in [-0.15, -0.1) is 0 Å². The number of thioether (sulfide) groups is 1. The summed E-state index contributed by atoms with van der Waals surface area (Å²) in [5.74, 6) is 1.85. The van der Waals surface area contributed by atoms with E-state index in [1.54, 1.807) is 18.0 Å². The number of nitrogen functional groups attached to an aromatic ring is 1. The number of anilines is 1. The average molecular weight is 244 g/mol. The SMILES string of the molecule is CC1(C)CCSCC1(O)c1cnc(N)s1. The number of aliphatic hydroxyl groups is 1. The Bertz CT molecular complexity index is 364. The zero-order valence-electron chi connectivity index (χ0n) is 8.99. The average Bonchev–Trinajstić information content (AvgIpc) is 2.58. The van der Waals surface area contributed by atoms with Gasteiger partial charge in [-0.3, -0.25) is 0 Å². The maximum Gasteiger partial charge on any atom is 0.180 e. The van der Waals surface area contributed by atoms with Crippen molar-refractivity contribution < 1.29 is 5.11 Å². The van der Waals surface area contributed by atoms with Gasteiger partial charge in [0.25, 0.3) is 0 Å². The third-order valence-corrected chi connectivity index (χ3v) is 5.33. The molecule has 0 spiro atoms. The summed E-state index contributed by atoms with van der Waals surface area (Å²) in [6, 6.07) is 0. The Morgan fingerprint density at radius 3 is 2.80 bits per heavy atom. The maximum absolute atomic E-state index is 10.8. The van der Waals surface area contributed by atoms with Crippen molar-refractivity contribution in [2.45, 2.75) is 25.9 Å². The number of nitrogens with two attached hydrogens (primary N) is 1. The minimum atomic E-state index is -0.773. The van der Waals surface area contributed by atoms with E-state index in [0.29, 0.717) is 5.13 Å². The second-order valence-electron chi connectivity index (χ2n) is 4.61. The molecular weight excluding hydrogens is 228 g/mol. The fraction of sp³-hybridized carbons (Fsp3) is 0.700. The Kier molecular flexibility index (Phi) is 2.73. The van der Waals surface area contributed by atoms with Crippen molar-refractivity contribution in [3.05, 3.63) is 11.1 Å². The first kappa shape index (κ1) is 11.2. The van der Waals surface area contributed by atoms with Crippen molar-refractivity contribution in [3.63, 3.8) is 0 Å². The van der Waals surface area contributed by atoms with Crippen LogP contribution in [0.2, 0.25) is 0 Å². The summed E-state index contributed by atoms with van der Waals surface area (Å²) in [4.78, 5) is 4.93. The Hall–Kier alpha value is -0.260. The van der Waals surface area contributed by atoms with E-state index >= 15 is 0 Å². The van der Waals surface area contributed by atoms with Gasteiger partial charge in [0.2, 0.25) is 0 Å². The lowest BCUT2D eigenvalue weighted by Crippen LogP contribution is -2.46. The van der Waals surface area contributed by atoms with Crippen molar-refractivity contribution in [3.8, 4) is 0 Å². The molecule has 3 N–H and O–H groups in total. The highest BCUT2D eigenvalue weighted by molar-refractivity contribution is 7.99. The molecule has 0 radical (unpaired) electrons. The van der Waals surface area contributed by atoms with Crippen LogP contribution in [0.1, 0.15) is 25.1 Å². The molecule has 1 atom stereocenters. The van der Waals surface area contributed by atoms with Crippen LogP contribution in [0.3, 0.4) is 0 Å². The van der Waals surface area contributed by atoms with Gasteiger partial charge in [-0.2, -0.15) is 11.8 Å². The molecule has 3 nitrogen and oxygen atoms in total. The monoisotopic (exact) mass is 244 g/mol. The van der Waals surface area contributed by atoms with Crippen LogP contribution >= 0.6 is 23.1 Å². The lowest BCUT2D eigenvalue weighted by atomic mass is 9.73. The zero-order chi connectivity index (χ0) is 11.1. The fourth-order valence-electron chi connectivity index (χ4n) is 1.83. The molecule has 1 aliphatic rings. The Balaban J connectivity index is 2.39. The summed E-state index contributed by atoms with van der Waals surface area (Å²) in [5.41, 5.74) is 4.75. The maximum atomic E-state index is 10.8. The van der Waals surface area contributed by atoms with Crippen molar-refractivity contribution in [1.29, 1.82) is 0 Å². The second kappa shape index (κ2) is 3.64. The third kappa shape index (κ3) is 1.77. The predicted molar refractivity (Wildman–Crippen MR) is 66.1 cm³/mol. The highest BCUT2D eigenvalue weighted by Crippen LogP contribution is 2.49.